The van der Waals surface area contributed by atoms with Crippen molar-refractivity contribution in [2.45, 2.75) is 74.0 Å². The van der Waals surface area contributed by atoms with Crippen LogP contribution in [0.4, 0.5) is 22.0 Å². The van der Waals surface area contributed by atoms with Crippen molar-refractivity contribution in [1.29, 1.82) is 0 Å². The molecule has 17 heteroatoms. The lowest BCUT2D eigenvalue weighted by molar-refractivity contribution is -0.248. The molecule has 9 nitrogen and oxygen atoms in total. The van der Waals surface area contributed by atoms with E-state index in [9.17, 15) is 49.3 Å². The quantitative estimate of drug-likeness (QED) is 0.0718. The summed E-state index contributed by atoms with van der Waals surface area (Å²) < 4.78 is 118. The number of halogens is 7. The van der Waals surface area contributed by atoms with Crippen LogP contribution in [0.25, 0.3) is 0 Å². The molecular formula is C39H32F5I2O9S-. The predicted molar refractivity (Wildman–Crippen MR) is 203 cm³/mol. The van der Waals surface area contributed by atoms with Gasteiger partial charge in [-0.1, -0.05) is 48.5 Å². The second-order valence-electron chi connectivity index (χ2n) is 15.7. The van der Waals surface area contributed by atoms with Crippen LogP contribution in [0.5, 0.6) is 5.75 Å². The molecule has 0 aliphatic heterocycles. The number of benzene rings is 3. The molecule has 0 spiro atoms. The van der Waals surface area contributed by atoms with Gasteiger partial charge in [-0.3, -0.25) is 9.59 Å². The predicted octanol–water partition coefficient (Wildman–Crippen LogP) is 8.31. The number of hydrogen-bond acceptors (Lipinski definition) is 9. The van der Waals surface area contributed by atoms with Crippen LogP contribution in [0.1, 0.15) is 83.5 Å². The molecule has 0 aromatic heterocycles. The molecule has 0 amide bonds. The third-order valence-corrected chi connectivity index (χ3v) is 15.1. The molecule has 3 aromatic carbocycles. The van der Waals surface area contributed by atoms with Crippen molar-refractivity contribution in [3.8, 4) is 5.75 Å². The van der Waals surface area contributed by atoms with Crippen LogP contribution in [0.2, 0.25) is 0 Å². The van der Waals surface area contributed by atoms with Gasteiger partial charge in [0.2, 0.25) is 0 Å². The Morgan fingerprint density at radius 2 is 1.20 bits per heavy atom. The molecule has 4 fully saturated rings. The van der Waals surface area contributed by atoms with E-state index in [0.29, 0.717) is 11.8 Å². The van der Waals surface area contributed by atoms with Gasteiger partial charge < -0.3 is 18.8 Å². The Bertz CT molecular complexity index is 2170. The van der Waals surface area contributed by atoms with Crippen molar-refractivity contribution < 1.29 is 63.5 Å². The largest absolute Gasteiger partial charge is 0.743 e. The highest BCUT2D eigenvalue weighted by Gasteiger charge is 2.64. The summed E-state index contributed by atoms with van der Waals surface area (Å²) in [5, 5.41) is -6.03. The van der Waals surface area contributed by atoms with Gasteiger partial charge in [0.25, 0.3) is 6.10 Å². The second-order valence-corrected chi connectivity index (χ2v) is 19.5. The normalized spacial score (nSPS) is 30.6. The molecule has 3 unspecified atom stereocenters. The zero-order valence-electron chi connectivity index (χ0n) is 29.2. The highest BCUT2D eigenvalue weighted by molar-refractivity contribution is 14.1. The molecule has 56 heavy (non-hydrogen) atoms. The molecule has 7 aliphatic carbocycles. The van der Waals surface area contributed by atoms with Crippen molar-refractivity contribution in [1.82, 2.24) is 0 Å². The van der Waals surface area contributed by atoms with E-state index in [4.69, 9.17) is 9.47 Å². The molecule has 7 aliphatic rings. The highest BCUT2D eigenvalue weighted by atomic mass is 127. The summed E-state index contributed by atoms with van der Waals surface area (Å²) in [6.45, 7) is 2.03. The van der Waals surface area contributed by atoms with E-state index < -0.39 is 80.4 Å². The minimum atomic E-state index is -6.90. The summed E-state index contributed by atoms with van der Waals surface area (Å²) in [6.07, 6.45) is -5.56. The highest BCUT2D eigenvalue weighted by Crippen LogP contribution is 2.62. The first kappa shape index (κ1) is 39.9. The van der Waals surface area contributed by atoms with Gasteiger partial charge in [0.15, 0.2) is 15.9 Å². The minimum absolute atomic E-state index is 0.0245. The molecule has 298 valence electrons. The number of rotatable bonds is 8. The molecule has 3 atom stereocenters. The number of alkyl halides is 5. The van der Waals surface area contributed by atoms with Crippen molar-refractivity contribution in [2.24, 2.45) is 35.5 Å². The van der Waals surface area contributed by atoms with E-state index in [0.717, 1.165) is 60.1 Å². The number of carbonyl (C=O) groups excluding carboxylic acids is 3. The SMILES string of the molecule is CC1(OC(=O)C2C3c4ccccc4C(c4ccccc43)C2C(=O)Oc2c(I)cc(C(=O)OC(C(F)(F)F)C(F)(F)S(=O)(=O)[O-])cc2I)C2CC3CC(C2)CC1C3. The third kappa shape index (κ3) is 6.44. The van der Waals surface area contributed by atoms with Crippen LogP contribution in [0.3, 0.4) is 0 Å². The minimum Gasteiger partial charge on any atom is -0.743 e. The standard InChI is InChI=1S/C39H33F5I2O9S/c1-37(20-11-17-10-18(13-20)14-21(37)12-17)55-35(49)31-29-24-8-4-2-6-22(24)28(23-7-3-5-9-25(23)29)30(31)34(48)53-32-26(45)15-19(16-27(32)46)33(47)54-36(38(40,41)42)39(43,44)56(50,51)52/h2-9,15-18,20-21,28-31,36H,10-14H2,1H3,(H,50,51,52)/p-1. The number of ether oxygens (including phenoxy) is 3. The summed E-state index contributed by atoms with van der Waals surface area (Å²) in [7, 11) is -6.90. The molecule has 3 aromatic rings. The van der Waals surface area contributed by atoms with E-state index >= 15 is 0 Å². The Morgan fingerprint density at radius 1 is 0.768 bits per heavy atom. The van der Waals surface area contributed by atoms with Crippen LogP contribution in [0.15, 0.2) is 60.7 Å². The van der Waals surface area contributed by atoms with Crippen molar-refractivity contribution in [3.63, 3.8) is 0 Å². The maximum absolute atomic E-state index is 14.8. The summed E-state index contributed by atoms with van der Waals surface area (Å²) in [5.74, 6) is -5.02. The van der Waals surface area contributed by atoms with E-state index in [1.54, 1.807) is 45.2 Å². The molecular weight excluding hydrogens is 993 g/mol. The summed E-state index contributed by atoms with van der Waals surface area (Å²) in [6, 6.07) is 17.0. The first-order valence-corrected chi connectivity index (χ1v) is 21.5. The van der Waals surface area contributed by atoms with Crippen LogP contribution in [-0.4, -0.2) is 54.0 Å². The fourth-order valence-electron chi connectivity index (χ4n) is 10.4. The van der Waals surface area contributed by atoms with Crippen LogP contribution >= 0.6 is 45.2 Å². The number of carbonyl (C=O) groups is 3. The molecule has 0 radical (unpaired) electrons. The second kappa shape index (κ2) is 13.8. The fourth-order valence-corrected chi connectivity index (χ4v) is 12.8. The molecule has 10 rings (SSSR count). The van der Waals surface area contributed by atoms with Gasteiger partial charge in [0, 0.05) is 11.8 Å². The zero-order valence-corrected chi connectivity index (χ0v) is 34.4. The van der Waals surface area contributed by atoms with E-state index in [2.05, 4.69) is 4.74 Å². The lowest BCUT2D eigenvalue weighted by atomic mass is 9.50. The van der Waals surface area contributed by atoms with Gasteiger partial charge in [-0.15, -0.1) is 0 Å². The van der Waals surface area contributed by atoms with E-state index in [1.807, 2.05) is 55.5 Å². The summed E-state index contributed by atoms with van der Waals surface area (Å²) in [4.78, 5) is 42.3. The first-order valence-electron chi connectivity index (χ1n) is 17.9. The molecule has 4 saturated carbocycles. The fraction of sp³-hybridized carbons (Fsp3) is 0.462. The van der Waals surface area contributed by atoms with Gasteiger partial charge in [-0.2, -0.15) is 22.0 Å². The van der Waals surface area contributed by atoms with Gasteiger partial charge in [0.05, 0.1) is 24.5 Å². The lowest BCUT2D eigenvalue weighted by Crippen LogP contribution is -2.59. The Hall–Kier alpha value is -2.91. The van der Waals surface area contributed by atoms with Crippen molar-refractivity contribution in [3.05, 3.63) is 95.6 Å². The number of fused-ring (bicyclic) bond motifs is 1. The Kier molecular flexibility index (Phi) is 9.86. The Labute approximate surface area is 345 Å². The van der Waals surface area contributed by atoms with Crippen LogP contribution < -0.4 is 4.74 Å². The average Bonchev–Trinajstić information content (AvgIpc) is 3.12. The summed E-state index contributed by atoms with van der Waals surface area (Å²) >= 11 is 3.26. The smallest absolute Gasteiger partial charge is 0.432 e. The molecule has 0 N–H and O–H groups in total. The zero-order chi connectivity index (χ0) is 40.3. The van der Waals surface area contributed by atoms with Gasteiger partial charge >= 0.3 is 29.3 Å². The van der Waals surface area contributed by atoms with Crippen LogP contribution in [0, 0.1) is 42.6 Å². The van der Waals surface area contributed by atoms with Gasteiger partial charge in [-0.25, -0.2) is 13.2 Å². The summed E-state index contributed by atoms with van der Waals surface area (Å²) in [5.41, 5.74) is 2.07. The number of esters is 3. The van der Waals surface area contributed by atoms with Gasteiger partial charge in [-0.05, 0) is 142 Å². The van der Waals surface area contributed by atoms with Gasteiger partial charge in [0.1, 0.15) is 5.60 Å². The van der Waals surface area contributed by atoms with Crippen molar-refractivity contribution >= 4 is 73.2 Å². The van der Waals surface area contributed by atoms with E-state index in [-0.39, 0.29) is 24.7 Å². The molecule has 6 bridgehead atoms. The molecule has 0 heterocycles. The van der Waals surface area contributed by atoms with E-state index in [1.165, 1.54) is 6.42 Å². The third-order valence-electron chi connectivity index (χ3n) is 12.7. The monoisotopic (exact) mass is 1020 g/mol. The maximum Gasteiger partial charge on any atom is 0.432 e. The topological polar surface area (TPSA) is 136 Å². The Morgan fingerprint density at radius 3 is 1.61 bits per heavy atom. The first-order chi connectivity index (χ1) is 26.2. The van der Waals surface area contributed by atoms with Crippen molar-refractivity contribution in [2.75, 3.05) is 0 Å². The van der Waals surface area contributed by atoms with Crippen LogP contribution in [-0.2, 0) is 29.2 Å². The Balaban J connectivity index is 1.13. The lowest BCUT2D eigenvalue weighted by Gasteiger charge is -2.59. The number of hydrogen-bond donors (Lipinski definition) is 0. The molecule has 0 saturated heterocycles. The average molecular weight is 1030 g/mol. The maximum atomic E-state index is 14.8.